The number of carbonyl (C=O) groups excluding carboxylic acids is 1. The molecule has 0 spiro atoms. The first kappa shape index (κ1) is 15.9. The molecule has 0 bridgehead atoms. The number of aromatic nitrogens is 2. The Morgan fingerprint density at radius 2 is 2.00 bits per heavy atom. The molecule has 21 heavy (non-hydrogen) atoms. The quantitative estimate of drug-likeness (QED) is 0.853. The van der Waals surface area contributed by atoms with Gasteiger partial charge in [0.2, 0.25) is 0 Å². The van der Waals surface area contributed by atoms with E-state index in [-0.39, 0.29) is 5.91 Å². The minimum Gasteiger partial charge on any atom is -0.352 e. The number of aryl methyl sites for hydroxylation is 2. The van der Waals surface area contributed by atoms with E-state index in [1.54, 1.807) is 24.3 Å². The minimum absolute atomic E-state index is 0.160. The van der Waals surface area contributed by atoms with Crippen LogP contribution in [0, 0.1) is 13.8 Å². The van der Waals surface area contributed by atoms with Gasteiger partial charge in [0, 0.05) is 13.1 Å². The lowest BCUT2D eigenvalue weighted by atomic mass is 10.2. The summed E-state index contributed by atoms with van der Waals surface area (Å²) in [6.07, 6.45) is 0.772. The molecule has 0 aliphatic carbocycles. The van der Waals surface area contributed by atoms with Gasteiger partial charge in [-0.05, 0) is 32.4 Å². The van der Waals surface area contributed by atoms with E-state index in [9.17, 15) is 4.79 Å². The number of benzene rings is 1. The van der Waals surface area contributed by atoms with E-state index in [4.69, 9.17) is 23.2 Å². The summed E-state index contributed by atoms with van der Waals surface area (Å²) in [6, 6.07) is 7.00. The van der Waals surface area contributed by atoms with Crippen molar-refractivity contribution in [3.05, 3.63) is 51.3 Å². The van der Waals surface area contributed by atoms with E-state index in [0.29, 0.717) is 28.7 Å². The third-order valence-electron chi connectivity index (χ3n) is 3.24. The zero-order chi connectivity index (χ0) is 15.4. The number of nitrogens with zero attached hydrogens (tertiary/aromatic N) is 2. The normalized spacial score (nSPS) is 10.7. The van der Waals surface area contributed by atoms with Crippen molar-refractivity contribution in [1.29, 1.82) is 0 Å². The van der Waals surface area contributed by atoms with Gasteiger partial charge in [-0.3, -0.25) is 9.48 Å². The Morgan fingerprint density at radius 3 is 2.62 bits per heavy atom. The van der Waals surface area contributed by atoms with Crippen molar-refractivity contribution < 1.29 is 4.79 Å². The average Bonchev–Trinajstić information content (AvgIpc) is 2.71. The molecule has 0 fully saturated rings. The number of hydrogen-bond donors (Lipinski definition) is 1. The number of amides is 1. The Bertz CT molecular complexity index is 652. The second-order valence-corrected chi connectivity index (χ2v) is 5.58. The van der Waals surface area contributed by atoms with E-state index in [0.717, 1.165) is 17.8 Å². The monoisotopic (exact) mass is 325 g/mol. The van der Waals surface area contributed by atoms with Crippen LogP contribution in [0.25, 0.3) is 0 Å². The molecule has 0 unspecified atom stereocenters. The highest BCUT2D eigenvalue weighted by Gasteiger charge is 2.10. The number of rotatable bonds is 5. The summed E-state index contributed by atoms with van der Waals surface area (Å²) >= 11 is 12.1. The van der Waals surface area contributed by atoms with E-state index >= 15 is 0 Å². The van der Waals surface area contributed by atoms with Crippen LogP contribution in [0.15, 0.2) is 24.3 Å². The average molecular weight is 326 g/mol. The maximum atomic E-state index is 12.0. The zero-order valence-corrected chi connectivity index (χ0v) is 13.5. The molecular weight excluding hydrogens is 309 g/mol. The summed E-state index contributed by atoms with van der Waals surface area (Å²) in [4.78, 5) is 12.0. The number of halogens is 2. The Hall–Kier alpha value is -1.52. The molecule has 2 aromatic rings. The number of nitrogens with one attached hydrogen (secondary N) is 1. The smallest absolute Gasteiger partial charge is 0.252 e. The van der Waals surface area contributed by atoms with Gasteiger partial charge < -0.3 is 5.32 Å². The van der Waals surface area contributed by atoms with Crippen molar-refractivity contribution in [2.24, 2.45) is 0 Å². The van der Waals surface area contributed by atoms with Crippen molar-refractivity contribution in [3.63, 3.8) is 0 Å². The predicted octanol–water partition coefficient (Wildman–Crippen LogP) is 3.63. The van der Waals surface area contributed by atoms with Crippen LogP contribution in [-0.4, -0.2) is 22.2 Å². The lowest BCUT2D eigenvalue weighted by molar-refractivity contribution is 0.0952. The summed E-state index contributed by atoms with van der Waals surface area (Å²) in [5.74, 6) is -0.160. The summed E-state index contributed by atoms with van der Waals surface area (Å²) in [6.45, 7) is 5.08. The molecule has 0 aliphatic heterocycles. The van der Waals surface area contributed by atoms with Gasteiger partial charge in [-0.25, -0.2) is 0 Å². The molecule has 0 radical (unpaired) electrons. The Kier molecular flexibility index (Phi) is 5.26. The molecule has 2 rings (SSSR count). The molecule has 6 heteroatoms. The Balaban J connectivity index is 1.84. The number of hydrogen-bond acceptors (Lipinski definition) is 2. The van der Waals surface area contributed by atoms with Gasteiger partial charge in [-0.1, -0.05) is 35.3 Å². The van der Waals surface area contributed by atoms with Gasteiger partial charge in [-0.2, -0.15) is 5.10 Å². The summed E-state index contributed by atoms with van der Waals surface area (Å²) in [5, 5.41) is 8.37. The van der Waals surface area contributed by atoms with Crippen LogP contribution < -0.4 is 5.32 Å². The number of carbonyl (C=O) groups is 1. The second-order valence-electron chi connectivity index (χ2n) is 4.80. The molecule has 0 aliphatic rings. The van der Waals surface area contributed by atoms with Crippen LogP contribution in [0.5, 0.6) is 0 Å². The highest BCUT2D eigenvalue weighted by molar-refractivity contribution is 6.33. The van der Waals surface area contributed by atoms with Crippen LogP contribution in [0.4, 0.5) is 0 Å². The summed E-state index contributed by atoms with van der Waals surface area (Å²) in [5.41, 5.74) is 2.27. The van der Waals surface area contributed by atoms with Crippen LogP contribution in [0.2, 0.25) is 10.0 Å². The summed E-state index contributed by atoms with van der Waals surface area (Å²) in [7, 11) is 0. The highest BCUT2D eigenvalue weighted by Crippen LogP contribution is 2.19. The first-order chi connectivity index (χ1) is 10.0. The molecule has 0 saturated heterocycles. The Labute approximate surface area is 134 Å². The molecule has 1 amide bonds. The molecule has 4 nitrogen and oxygen atoms in total. The molecule has 0 saturated carbocycles. The first-order valence-corrected chi connectivity index (χ1v) is 7.48. The van der Waals surface area contributed by atoms with Gasteiger partial charge >= 0.3 is 0 Å². The van der Waals surface area contributed by atoms with E-state index in [2.05, 4.69) is 10.4 Å². The molecule has 1 heterocycles. The fourth-order valence-corrected chi connectivity index (χ4v) is 2.42. The molecule has 0 atom stereocenters. The van der Waals surface area contributed by atoms with E-state index in [1.165, 1.54) is 0 Å². The topological polar surface area (TPSA) is 46.9 Å². The third kappa shape index (κ3) is 3.77. The standard InChI is InChI=1S/C15H17Cl2N3O/c1-10-14(17)11(2)20(19-10)9-5-8-18-15(21)12-6-3-4-7-13(12)16/h3-4,6-7H,5,8-9H2,1-2H3,(H,18,21). The zero-order valence-electron chi connectivity index (χ0n) is 12.0. The molecular formula is C15H17Cl2N3O. The highest BCUT2D eigenvalue weighted by atomic mass is 35.5. The van der Waals surface area contributed by atoms with Crippen LogP contribution in [-0.2, 0) is 6.54 Å². The maximum absolute atomic E-state index is 12.0. The van der Waals surface area contributed by atoms with Gasteiger partial charge in [0.05, 0.1) is 27.0 Å². The fourth-order valence-electron chi connectivity index (χ4n) is 2.06. The van der Waals surface area contributed by atoms with E-state index in [1.807, 2.05) is 18.5 Å². The van der Waals surface area contributed by atoms with Crippen LogP contribution in [0.1, 0.15) is 28.2 Å². The van der Waals surface area contributed by atoms with Crippen molar-refractivity contribution >= 4 is 29.1 Å². The molecule has 1 aromatic carbocycles. The first-order valence-electron chi connectivity index (χ1n) is 6.73. The van der Waals surface area contributed by atoms with Crippen molar-refractivity contribution in [1.82, 2.24) is 15.1 Å². The SMILES string of the molecule is Cc1nn(CCCNC(=O)c2ccccc2Cl)c(C)c1Cl. The predicted molar refractivity (Wildman–Crippen MR) is 85.1 cm³/mol. The van der Waals surface area contributed by atoms with Gasteiger partial charge in [0.15, 0.2) is 0 Å². The lowest BCUT2D eigenvalue weighted by Gasteiger charge is -2.07. The van der Waals surface area contributed by atoms with Crippen LogP contribution >= 0.6 is 23.2 Å². The van der Waals surface area contributed by atoms with Crippen molar-refractivity contribution in [2.75, 3.05) is 6.54 Å². The van der Waals surface area contributed by atoms with Crippen molar-refractivity contribution in [3.8, 4) is 0 Å². The van der Waals surface area contributed by atoms with Gasteiger partial charge in [-0.15, -0.1) is 0 Å². The van der Waals surface area contributed by atoms with Crippen molar-refractivity contribution in [2.45, 2.75) is 26.8 Å². The molecule has 112 valence electrons. The van der Waals surface area contributed by atoms with Gasteiger partial charge in [0.1, 0.15) is 0 Å². The summed E-state index contributed by atoms with van der Waals surface area (Å²) < 4.78 is 1.86. The lowest BCUT2D eigenvalue weighted by Crippen LogP contribution is -2.25. The largest absolute Gasteiger partial charge is 0.352 e. The molecule has 1 aromatic heterocycles. The third-order valence-corrected chi connectivity index (χ3v) is 4.12. The van der Waals surface area contributed by atoms with Crippen LogP contribution in [0.3, 0.4) is 0 Å². The molecule has 1 N–H and O–H groups in total. The maximum Gasteiger partial charge on any atom is 0.252 e. The Morgan fingerprint density at radius 1 is 1.29 bits per heavy atom. The van der Waals surface area contributed by atoms with Gasteiger partial charge in [0.25, 0.3) is 5.91 Å². The fraction of sp³-hybridized carbons (Fsp3) is 0.333. The second kappa shape index (κ2) is 6.96. The minimum atomic E-state index is -0.160. The van der Waals surface area contributed by atoms with E-state index < -0.39 is 0 Å².